The average molecular weight is 516 g/mol. The number of nitrogens with one attached hydrogen (secondary N) is 1. The minimum Gasteiger partial charge on any atom is -0.378 e. The predicted molar refractivity (Wildman–Crippen MR) is 122 cm³/mol. The average Bonchev–Trinajstić information content (AvgIpc) is 3.39. The molecule has 0 saturated carbocycles. The number of carbonyl (C=O) groups is 2. The summed E-state index contributed by atoms with van der Waals surface area (Å²) in [4.78, 5) is 31.5. The Morgan fingerprint density at radius 1 is 1.05 bits per heavy atom. The van der Waals surface area contributed by atoms with Crippen molar-refractivity contribution in [2.24, 2.45) is 0 Å². The number of morpholine rings is 1. The van der Waals surface area contributed by atoms with Crippen LogP contribution in [-0.4, -0.2) is 72.4 Å². The lowest BCUT2D eigenvalue weighted by Crippen LogP contribution is -2.64. The van der Waals surface area contributed by atoms with Gasteiger partial charge in [0.25, 0.3) is 5.91 Å². The molecule has 2 saturated heterocycles. The van der Waals surface area contributed by atoms with E-state index in [1.807, 2.05) is 30.3 Å². The second-order valence-corrected chi connectivity index (χ2v) is 8.88. The topological polar surface area (TPSA) is 107 Å². The van der Waals surface area contributed by atoms with Crippen LogP contribution >= 0.6 is 0 Å². The zero-order valence-corrected chi connectivity index (χ0v) is 19.5. The molecular weight excluding hydrogens is 493 g/mol. The number of ether oxygens (including phenoxy) is 2. The highest BCUT2D eigenvalue weighted by Crippen LogP contribution is 2.35. The molecule has 2 amide bonds. The van der Waals surface area contributed by atoms with Gasteiger partial charge in [0.2, 0.25) is 11.7 Å². The lowest BCUT2D eigenvalue weighted by atomic mass is 9.77. The van der Waals surface area contributed by atoms with Crippen LogP contribution in [0.2, 0.25) is 0 Å². The number of aromatic nitrogens is 2. The van der Waals surface area contributed by atoms with Gasteiger partial charge in [0.15, 0.2) is 0 Å². The molecule has 0 radical (unpaired) electrons. The molecule has 1 atom stereocenters. The minimum atomic E-state index is -4.74. The highest BCUT2D eigenvalue weighted by molar-refractivity contribution is 5.94. The Balaban J connectivity index is 1.24. The molecule has 3 aromatic rings. The van der Waals surface area contributed by atoms with Crippen molar-refractivity contribution >= 4 is 11.8 Å². The predicted octanol–water partition coefficient (Wildman–Crippen LogP) is 2.68. The van der Waals surface area contributed by atoms with Gasteiger partial charge >= 0.3 is 12.1 Å². The van der Waals surface area contributed by atoms with Gasteiger partial charge in [-0.15, -0.1) is 0 Å². The number of hydrogen-bond donors (Lipinski definition) is 1. The monoisotopic (exact) mass is 516 g/mol. The van der Waals surface area contributed by atoms with Crippen LogP contribution in [0.5, 0.6) is 0 Å². The molecule has 0 spiro atoms. The maximum absolute atomic E-state index is 13.7. The van der Waals surface area contributed by atoms with Crippen LogP contribution in [0.25, 0.3) is 11.4 Å². The minimum absolute atomic E-state index is 0.0600. The molecule has 0 bridgehead atoms. The zero-order chi connectivity index (χ0) is 26.0. The number of alkyl halides is 3. The summed E-state index contributed by atoms with van der Waals surface area (Å²) in [7, 11) is 0. The van der Waals surface area contributed by atoms with Gasteiger partial charge in [-0.25, -0.2) is 0 Å². The van der Waals surface area contributed by atoms with E-state index in [-0.39, 0.29) is 42.1 Å². The Labute approximate surface area is 209 Å². The fourth-order valence-electron chi connectivity index (χ4n) is 4.38. The summed E-state index contributed by atoms with van der Waals surface area (Å²) in [5.74, 6) is -2.14. The summed E-state index contributed by atoms with van der Waals surface area (Å²) >= 11 is 0. The summed E-state index contributed by atoms with van der Waals surface area (Å²) in [6.07, 6.45) is -4.74. The van der Waals surface area contributed by atoms with E-state index in [1.54, 1.807) is 4.90 Å². The van der Waals surface area contributed by atoms with E-state index in [0.717, 1.165) is 5.56 Å². The van der Waals surface area contributed by atoms with Crippen LogP contribution < -0.4 is 5.32 Å². The summed E-state index contributed by atoms with van der Waals surface area (Å²) in [5.41, 5.74) is 0.690. The molecule has 5 rings (SSSR count). The zero-order valence-electron chi connectivity index (χ0n) is 19.5. The second-order valence-electron chi connectivity index (χ2n) is 8.88. The molecule has 2 fully saturated rings. The number of nitrogens with zero attached hydrogens (tertiary/aromatic N) is 3. The molecule has 2 aromatic carbocycles. The first-order valence-corrected chi connectivity index (χ1v) is 11.6. The molecule has 3 heterocycles. The van der Waals surface area contributed by atoms with Gasteiger partial charge in [-0.3, -0.25) is 9.59 Å². The molecule has 9 nitrogen and oxygen atoms in total. The van der Waals surface area contributed by atoms with Crippen LogP contribution in [0.1, 0.15) is 21.8 Å². The third-order valence-electron chi connectivity index (χ3n) is 6.49. The van der Waals surface area contributed by atoms with Crippen molar-refractivity contribution in [2.75, 3.05) is 39.5 Å². The number of hydrogen-bond acceptors (Lipinski definition) is 7. The van der Waals surface area contributed by atoms with Crippen molar-refractivity contribution in [2.45, 2.75) is 17.6 Å². The first-order valence-electron chi connectivity index (χ1n) is 11.6. The Kier molecular flexibility index (Phi) is 6.69. The lowest BCUT2D eigenvalue weighted by molar-refractivity contribution is -0.164. The summed E-state index contributed by atoms with van der Waals surface area (Å²) in [6, 6.07) is 14.9. The summed E-state index contributed by atoms with van der Waals surface area (Å²) < 4.78 is 53.3. The molecular formula is C25H23F3N4O5. The number of benzene rings is 2. The molecule has 194 valence electrons. The first-order chi connectivity index (χ1) is 17.8. The van der Waals surface area contributed by atoms with Gasteiger partial charge in [-0.2, -0.15) is 18.2 Å². The fourth-order valence-corrected chi connectivity index (χ4v) is 4.38. The van der Waals surface area contributed by atoms with Crippen molar-refractivity contribution in [3.63, 3.8) is 0 Å². The Bertz CT molecular complexity index is 1260. The van der Waals surface area contributed by atoms with Crippen LogP contribution in [0.4, 0.5) is 13.2 Å². The molecule has 2 aliphatic heterocycles. The molecule has 37 heavy (non-hydrogen) atoms. The largest absolute Gasteiger partial charge is 0.471 e. The molecule has 12 heteroatoms. The Morgan fingerprint density at radius 3 is 2.41 bits per heavy atom. The lowest BCUT2D eigenvalue weighted by Gasteiger charge is -2.46. The van der Waals surface area contributed by atoms with E-state index in [9.17, 15) is 22.8 Å². The van der Waals surface area contributed by atoms with E-state index in [2.05, 4.69) is 20.0 Å². The van der Waals surface area contributed by atoms with Crippen molar-refractivity contribution in [3.8, 4) is 11.4 Å². The van der Waals surface area contributed by atoms with Crippen LogP contribution in [0.15, 0.2) is 59.1 Å². The molecule has 2 aliphatic rings. The third-order valence-corrected chi connectivity index (χ3v) is 6.49. The van der Waals surface area contributed by atoms with E-state index in [1.165, 1.54) is 24.3 Å². The normalized spacial score (nSPS) is 19.2. The van der Waals surface area contributed by atoms with E-state index in [4.69, 9.17) is 9.47 Å². The highest BCUT2D eigenvalue weighted by atomic mass is 19.4. The highest BCUT2D eigenvalue weighted by Gasteiger charge is 2.51. The molecule has 0 aliphatic carbocycles. The standard InChI is InChI=1S/C25H23F3N4O5/c26-25(27,28)22-30-20(31-37-22)16-6-8-17(9-7-16)21(33)29-12-19-13-35-11-10-32(19)23(34)24(14-36-15-24)18-4-2-1-3-5-18/h1-9,19H,10-15H2,(H,29,33)/t19-/m1/s1. The SMILES string of the molecule is O=C(NC[C@@H]1COCCN1C(=O)C1(c2ccccc2)COC1)c1ccc(-c2noc(C(F)(F)F)n2)cc1. The van der Waals surface area contributed by atoms with Crippen LogP contribution in [0.3, 0.4) is 0 Å². The maximum Gasteiger partial charge on any atom is 0.471 e. The number of amides is 2. The third kappa shape index (κ3) is 4.94. The van der Waals surface area contributed by atoms with Crippen molar-refractivity contribution in [1.29, 1.82) is 0 Å². The van der Waals surface area contributed by atoms with Gasteiger partial charge in [0, 0.05) is 24.2 Å². The second kappa shape index (κ2) is 9.94. The fraction of sp³-hybridized carbons (Fsp3) is 0.360. The first kappa shape index (κ1) is 24.9. The summed E-state index contributed by atoms with van der Waals surface area (Å²) in [6.45, 7) is 1.82. The van der Waals surface area contributed by atoms with Crippen molar-refractivity contribution in [1.82, 2.24) is 20.4 Å². The van der Waals surface area contributed by atoms with Gasteiger partial charge in [-0.1, -0.05) is 47.6 Å². The molecule has 1 aromatic heterocycles. The molecule has 0 unspecified atom stereocenters. The van der Waals surface area contributed by atoms with Gasteiger partial charge in [0.05, 0.1) is 32.5 Å². The van der Waals surface area contributed by atoms with E-state index < -0.39 is 23.4 Å². The van der Waals surface area contributed by atoms with Crippen molar-refractivity contribution in [3.05, 3.63) is 71.6 Å². The Morgan fingerprint density at radius 2 is 1.78 bits per heavy atom. The van der Waals surface area contributed by atoms with Gasteiger partial charge in [0.1, 0.15) is 5.41 Å². The van der Waals surface area contributed by atoms with E-state index in [0.29, 0.717) is 26.4 Å². The van der Waals surface area contributed by atoms with Crippen LogP contribution in [0, 0.1) is 0 Å². The maximum atomic E-state index is 13.7. The van der Waals surface area contributed by atoms with Gasteiger partial charge < -0.3 is 24.2 Å². The smallest absolute Gasteiger partial charge is 0.378 e. The quantitative estimate of drug-likeness (QED) is 0.537. The van der Waals surface area contributed by atoms with Crippen LogP contribution in [-0.2, 0) is 25.9 Å². The Hall–Kier alpha value is -3.77. The van der Waals surface area contributed by atoms with E-state index >= 15 is 0 Å². The number of rotatable bonds is 6. The number of carbonyl (C=O) groups excluding carboxylic acids is 2. The van der Waals surface area contributed by atoms with Gasteiger partial charge in [-0.05, 0) is 17.7 Å². The summed E-state index contributed by atoms with van der Waals surface area (Å²) in [5, 5.41) is 6.16. The van der Waals surface area contributed by atoms with Crippen molar-refractivity contribution < 1.29 is 36.8 Å². The molecule has 1 N–H and O–H groups in total. The number of halogens is 3.